The van der Waals surface area contributed by atoms with Crippen molar-refractivity contribution in [3.8, 4) is 17.0 Å². The van der Waals surface area contributed by atoms with Gasteiger partial charge in [-0.05, 0) is 37.1 Å². The van der Waals surface area contributed by atoms with Crippen LogP contribution in [0.4, 0.5) is 0 Å². The lowest BCUT2D eigenvalue weighted by molar-refractivity contribution is 0.0787. The zero-order valence-corrected chi connectivity index (χ0v) is 16.3. The Morgan fingerprint density at radius 2 is 2.04 bits per heavy atom. The first-order chi connectivity index (χ1) is 11.4. The van der Waals surface area contributed by atoms with Crippen LogP contribution < -0.4 is 4.74 Å². The minimum atomic E-state index is -1.06. The summed E-state index contributed by atoms with van der Waals surface area (Å²) in [7, 11) is -1.06. The molecule has 0 atom stereocenters. The molecular formula is C18H25ClN2O2Si. The zero-order chi connectivity index (χ0) is 17.2. The molecule has 1 fully saturated rings. The number of benzene rings is 1. The molecule has 0 bridgehead atoms. The van der Waals surface area contributed by atoms with Gasteiger partial charge in [-0.1, -0.05) is 37.3 Å². The molecule has 1 aromatic carbocycles. The van der Waals surface area contributed by atoms with Crippen LogP contribution in [0, 0.1) is 0 Å². The fourth-order valence-electron chi connectivity index (χ4n) is 2.32. The Labute approximate surface area is 149 Å². The van der Waals surface area contributed by atoms with Crippen LogP contribution in [0.25, 0.3) is 11.3 Å². The zero-order valence-electron chi connectivity index (χ0n) is 14.6. The van der Waals surface area contributed by atoms with E-state index in [4.69, 9.17) is 21.1 Å². The number of hydrogen-bond acceptors (Lipinski definition) is 3. The predicted octanol–water partition coefficient (Wildman–Crippen LogP) is 5.06. The highest BCUT2D eigenvalue weighted by atomic mass is 35.5. The lowest BCUT2D eigenvalue weighted by Gasteiger charge is -2.15. The maximum atomic E-state index is 6.40. The smallest absolute Gasteiger partial charge is 0.139 e. The summed E-state index contributed by atoms with van der Waals surface area (Å²) in [5.74, 6) is 0.815. The summed E-state index contributed by atoms with van der Waals surface area (Å²) >= 11 is 6.40. The third-order valence-corrected chi connectivity index (χ3v) is 5.93. The minimum absolute atomic E-state index is 0.328. The molecule has 3 rings (SSSR count). The van der Waals surface area contributed by atoms with Gasteiger partial charge in [-0.25, -0.2) is 4.68 Å². The van der Waals surface area contributed by atoms with E-state index in [9.17, 15) is 0 Å². The molecule has 1 saturated carbocycles. The predicted molar refractivity (Wildman–Crippen MR) is 100 cm³/mol. The molecule has 0 N–H and O–H groups in total. The van der Waals surface area contributed by atoms with E-state index in [1.165, 1.54) is 0 Å². The summed E-state index contributed by atoms with van der Waals surface area (Å²) in [5.41, 5.74) is 1.69. The molecule has 6 heteroatoms. The van der Waals surface area contributed by atoms with Gasteiger partial charge in [-0.15, -0.1) is 0 Å². The van der Waals surface area contributed by atoms with Crippen LogP contribution in [-0.2, 0) is 11.5 Å². The van der Waals surface area contributed by atoms with Crippen molar-refractivity contribution in [3.63, 3.8) is 0 Å². The largest absolute Gasteiger partial charge is 0.490 e. The van der Waals surface area contributed by atoms with E-state index in [0.717, 1.165) is 42.5 Å². The number of rotatable bonds is 8. The van der Waals surface area contributed by atoms with Crippen molar-refractivity contribution >= 4 is 19.7 Å². The maximum Gasteiger partial charge on any atom is 0.139 e. The summed E-state index contributed by atoms with van der Waals surface area (Å²) in [6.45, 7) is 8.30. The Balaban J connectivity index is 1.67. The van der Waals surface area contributed by atoms with Crippen LogP contribution in [0.2, 0.25) is 30.7 Å². The van der Waals surface area contributed by atoms with Gasteiger partial charge < -0.3 is 9.47 Å². The summed E-state index contributed by atoms with van der Waals surface area (Å²) in [6.07, 6.45) is 4.49. The number of hydrogen-bond donors (Lipinski definition) is 0. The molecule has 0 spiro atoms. The van der Waals surface area contributed by atoms with Crippen molar-refractivity contribution in [1.29, 1.82) is 0 Å². The average molecular weight is 365 g/mol. The second-order valence-electron chi connectivity index (χ2n) is 7.52. The Kier molecular flexibility index (Phi) is 5.32. The second kappa shape index (κ2) is 7.29. The van der Waals surface area contributed by atoms with Gasteiger partial charge >= 0.3 is 0 Å². The van der Waals surface area contributed by atoms with Crippen molar-refractivity contribution in [2.45, 2.75) is 51.4 Å². The van der Waals surface area contributed by atoms with Gasteiger partial charge in [-0.2, -0.15) is 5.10 Å². The standard InChI is InChI=1S/C18H25ClN2O2Si/c1-24(2,3)12-11-22-13-21-10-9-16(20-21)18-15(19)5-4-6-17(18)23-14-7-8-14/h4-6,9-10,14H,7-8,11-13H2,1-3H3. The third-order valence-electron chi connectivity index (χ3n) is 3.91. The highest BCUT2D eigenvalue weighted by Gasteiger charge is 2.25. The van der Waals surface area contributed by atoms with Gasteiger partial charge in [-0.3, -0.25) is 0 Å². The molecule has 0 saturated heterocycles. The SMILES string of the molecule is C[Si](C)(C)CCOCn1ccc(-c2c(Cl)cccc2OC2CC2)n1. The lowest BCUT2D eigenvalue weighted by atomic mass is 10.1. The monoisotopic (exact) mass is 364 g/mol. The molecule has 0 aliphatic heterocycles. The Hall–Kier alpha value is -1.30. The quantitative estimate of drug-likeness (QED) is 0.485. The van der Waals surface area contributed by atoms with Crippen LogP contribution >= 0.6 is 11.6 Å². The van der Waals surface area contributed by atoms with Crippen molar-refractivity contribution in [2.75, 3.05) is 6.61 Å². The van der Waals surface area contributed by atoms with Crippen LogP contribution in [0.15, 0.2) is 30.5 Å². The Morgan fingerprint density at radius 1 is 1.25 bits per heavy atom. The summed E-state index contributed by atoms with van der Waals surface area (Å²) < 4.78 is 13.5. The molecule has 0 amide bonds. The van der Waals surface area contributed by atoms with Gasteiger partial charge in [0.2, 0.25) is 0 Å². The summed E-state index contributed by atoms with van der Waals surface area (Å²) in [5, 5.41) is 5.27. The molecular weight excluding hydrogens is 340 g/mol. The molecule has 4 nitrogen and oxygen atoms in total. The normalized spacial score (nSPS) is 14.8. The summed E-state index contributed by atoms with van der Waals surface area (Å²) in [4.78, 5) is 0. The highest BCUT2D eigenvalue weighted by Crippen LogP contribution is 2.38. The van der Waals surface area contributed by atoms with E-state index in [0.29, 0.717) is 17.9 Å². The fraction of sp³-hybridized carbons (Fsp3) is 0.500. The van der Waals surface area contributed by atoms with Crippen LogP contribution in [0.1, 0.15) is 12.8 Å². The Bertz CT molecular complexity index is 693. The highest BCUT2D eigenvalue weighted by molar-refractivity contribution is 6.76. The van der Waals surface area contributed by atoms with Gasteiger partial charge in [0.05, 0.1) is 22.4 Å². The van der Waals surface area contributed by atoms with E-state index >= 15 is 0 Å². The molecule has 1 aliphatic rings. The molecule has 0 radical (unpaired) electrons. The topological polar surface area (TPSA) is 36.3 Å². The van der Waals surface area contributed by atoms with Crippen molar-refractivity contribution in [3.05, 3.63) is 35.5 Å². The molecule has 1 heterocycles. The molecule has 2 aromatic rings. The van der Waals surface area contributed by atoms with Gasteiger partial charge in [0.25, 0.3) is 0 Å². The first-order valence-electron chi connectivity index (χ1n) is 8.49. The Morgan fingerprint density at radius 3 is 2.75 bits per heavy atom. The lowest BCUT2D eigenvalue weighted by Crippen LogP contribution is -2.22. The average Bonchev–Trinajstić information content (AvgIpc) is 3.19. The van der Waals surface area contributed by atoms with Crippen molar-refractivity contribution in [1.82, 2.24) is 9.78 Å². The minimum Gasteiger partial charge on any atom is -0.490 e. The number of nitrogens with zero attached hydrogens (tertiary/aromatic N) is 2. The second-order valence-corrected chi connectivity index (χ2v) is 13.5. The van der Waals surface area contributed by atoms with Gasteiger partial charge in [0.1, 0.15) is 12.5 Å². The van der Waals surface area contributed by atoms with Gasteiger partial charge in [0, 0.05) is 20.9 Å². The van der Waals surface area contributed by atoms with E-state index < -0.39 is 8.07 Å². The van der Waals surface area contributed by atoms with Crippen molar-refractivity contribution < 1.29 is 9.47 Å². The molecule has 1 aromatic heterocycles. The first kappa shape index (κ1) is 17.5. The molecule has 130 valence electrons. The molecule has 1 aliphatic carbocycles. The van der Waals surface area contributed by atoms with E-state index in [2.05, 4.69) is 24.7 Å². The number of ether oxygens (including phenoxy) is 2. The first-order valence-corrected chi connectivity index (χ1v) is 12.6. The van der Waals surface area contributed by atoms with Gasteiger partial charge in [0.15, 0.2) is 0 Å². The fourth-order valence-corrected chi connectivity index (χ4v) is 3.34. The van der Waals surface area contributed by atoms with Crippen LogP contribution in [0.3, 0.4) is 0 Å². The van der Waals surface area contributed by atoms with E-state index in [-0.39, 0.29) is 0 Å². The molecule has 24 heavy (non-hydrogen) atoms. The van der Waals surface area contributed by atoms with Crippen LogP contribution in [0.5, 0.6) is 5.75 Å². The van der Waals surface area contributed by atoms with E-state index in [1.54, 1.807) is 0 Å². The number of halogens is 1. The van der Waals surface area contributed by atoms with Crippen molar-refractivity contribution in [2.24, 2.45) is 0 Å². The maximum absolute atomic E-state index is 6.40. The van der Waals surface area contributed by atoms with Crippen LogP contribution in [-0.4, -0.2) is 30.6 Å². The summed E-state index contributed by atoms with van der Waals surface area (Å²) in [6, 6.07) is 8.87. The van der Waals surface area contributed by atoms with E-state index in [1.807, 2.05) is 35.1 Å². The molecule has 0 unspecified atom stereocenters. The third kappa shape index (κ3) is 4.85. The number of aromatic nitrogens is 2.